The molecule has 0 spiro atoms. The Hall–Kier alpha value is -3.09. The van der Waals surface area contributed by atoms with Crippen LogP contribution in [0.15, 0.2) is 36.5 Å². The Labute approximate surface area is 163 Å². The lowest BCUT2D eigenvalue weighted by molar-refractivity contribution is -0.123. The first-order valence-electron chi connectivity index (χ1n) is 9.05. The number of carbonyl (C=O) groups excluding carboxylic acids is 1. The molecule has 0 atom stereocenters. The quantitative estimate of drug-likeness (QED) is 0.713. The SMILES string of the molecule is CC(C)Oc1nc(NC(=O)C(C)(C)C)nc2ncc(-c3ccc(F)cc3)cc12. The molecule has 1 amide bonds. The fourth-order valence-corrected chi connectivity index (χ4v) is 2.44. The van der Waals surface area contributed by atoms with Crippen LogP contribution in [-0.2, 0) is 4.79 Å². The number of nitrogens with one attached hydrogen (secondary N) is 1. The Balaban J connectivity index is 2.07. The number of anilines is 1. The van der Waals surface area contributed by atoms with Crippen LogP contribution in [0.4, 0.5) is 10.3 Å². The highest BCUT2D eigenvalue weighted by Crippen LogP contribution is 2.29. The van der Waals surface area contributed by atoms with Crippen molar-refractivity contribution in [1.29, 1.82) is 0 Å². The lowest BCUT2D eigenvalue weighted by Gasteiger charge is -2.18. The van der Waals surface area contributed by atoms with Crippen molar-refractivity contribution in [1.82, 2.24) is 15.0 Å². The van der Waals surface area contributed by atoms with Gasteiger partial charge in [-0.15, -0.1) is 0 Å². The Morgan fingerprint density at radius 3 is 2.39 bits per heavy atom. The van der Waals surface area contributed by atoms with Gasteiger partial charge in [0, 0.05) is 17.2 Å². The van der Waals surface area contributed by atoms with E-state index in [1.807, 2.05) is 40.7 Å². The van der Waals surface area contributed by atoms with Gasteiger partial charge in [-0.3, -0.25) is 10.1 Å². The number of fused-ring (bicyclic) bond motifs is 1. The molecule has 0 bridgehead atoms. The highest BCUT2D eigenvalue weighted by atomic mass is 19.1. The minimum Gasteiger partial charge on any atom is -0.474 e. The van der Waals surface area contributed by atoms with E-state index in [9.17, 15) is 9.18 Å². The van der Waals surface area contributed by atoms with Crippen LogP contribution in [0.5, 0.6) is 5.88 Å². The van der Waals surface area contributed by atoms with E-state index in [4.69, 9.17) is 4.74 Å². The van der Waals surface area contributed by atoms with Crippen LogP contribution in [0.1, 0.15) is 34.6 Å². The summed E-state index contributed by atoms with van der Waals surface area (Å²) in [5, 5.41) is 3.33. The van der Waals surface area contributed by atoms with Crippen molar-refractivity contribution in [3.8, 4) is 17.0 Å². The summed E-state index contributed by atoms with van der Waals surface area (Å²) in [6.45, 7) is 9.20. The second-order valence-electron chi connectivity index (χ2n) is 7.83. The summed E-state index contributed by atoms with van der Waals surface area (Å²) in [6.07, 6.45) is 1.52. The maximum absolute atomic E-state index is 13.2. The van der Waals surface area contributed by atoms with Crippen molar-refractivity contribution in [2.45, 2.75) is 40.7 Å². The predicted octanol–water partition coefficient (Wildman–Crippen LogP) is 4.60. The molecule has 6 nitrogen and oxygen atoms in total. The second-order valence-corrected chi connectivity index (χ2v) is 7.83. The molecule has 0 saturated heterocycles. The van der Waals surface area contributed by atoms with E-state index in [1.54, 1.807) is 18.3 Å². The van der Waals surface area contributed by atoms with E-state index < -0.39 is 5.41 Å². The second kappa shape index (κ2) is 7.50. The highest BCUT2D eigenvalue weighted by molar-refractivity contribution is 5.94. The first-order chi connectivity index (χ1) is 13.1. The lowest BCUT2D eigenvalue weighted by Crippen LogP contribution is -2.28. The van der Waals surface area contributed by atoms with Crippen molar-refractivity contribution in [3.05, 3.63) is 42.3 Å². The summed E-state index contributed by atoms with van der Waals surface area (Å²) < 4.78 is 19.0. The maximum atomic E-state index is 13.2. The van der Waals surface area contributed by atoms with E-state index in [0.717, 1.165) is 11.1 Å². The minimum atomic E-state index is -0.586. The number of ether oxygens (including phenoxy) is 1. The number of pyridine rings is 1. The average molecular weight is 382 g/mol. The molecule has 146 valence electrons. The summed E-state index contributed by atoms with van der Waals surface area (Å²) in [5.74, 6) is -0.0278. The molecule has 0 saturated carbocycles. The highest BCUT2D eigenvalue weighted by Gasteiger charge is 2.23. The van der Waals surface area contributed by atoms with Gasteiger partial charge in [0.25, 0.3) is 0 Å². The monoisotopic (exact) mass is 382 g/mol. The van der Waals surface area contributed by atoms with Crippen LogP contribution in [0.3, 0.4) is 0 Å². The zero-order valence-corrected chi connectivity index (χ0v) is 16.6. The number of aromatic nitrogens is 3. The third-order valence-corrected chi connectivity index (χ3v) is 3.95. The first kappa shape index (κ1) is 19.7. The summed E-state index contributed by atoms with van der Waals surface area (Å²) in [6, 6.07) is 8.00. The number of rotatable bonds is 4. The van der Waals surface area contributed by atoms with Gasteiger partial charge in [-0.1, -0.05) is 32.9 Å². The van der Waals surface area contributed by atoms with Gasteiger partial charge in [0.1, 0.15) is 5.82 Å². The van der Waals surface area contributed by atoms with Gasteiger partial charge in [0.05, 0.1) is 11.5 Å². The Morgan fingerprint density at radius 2 is 1.79 bits per heavy atom. The molecule has 0 radical (unpaired) electrons. The molecule has 2 heterocycles. The normalized spacial score (nSPS) is 11.7. The molecular weight excluding hydrogens is 359 g/mol. The van der Waals surface area contributed by atoms with Gasteiger partial charge in [-0.05, 0) is 37.6 Å². The molecule has 3 aromatic rings. The zero-order chi connectivity index (χ0) is 20.5. The molecule has 28 heavy (non-hydrogen) atoms. The molecule has 7 heteroatoms. The number of hydrogen-bond acceptors (Lipinski definition) is 5. The van der Waals surface area contributed by atoms with Crippen molar-refractivity contribution in [2.75, 3.05) is 5.32 Å². The predicted molar refractivity (Wildman–Crippen MR) is 107 cm³/mol. The van der Waals surface area contributed by atoms with Gasteiger partial charge >= 0.3 is 0 Å². The van der Waals surface area contributed by atoms with E-state index in [-0.39, 0.29) is 23.8 Å². The third-order valence-electron chi connectivity index (χ3n) is 3.95. The molecule has 0 aliphatic rings. The number of amides is 1. The molecular formula is C21H23FN4O2. The third kappa shape index (κ3) is 4.42. The number of halogens is 1. The summed E-state index contributed by atoms with van der Waals surface area (Å²) in [7, 11) is 0. The van der Waals surface area contributed by atoms with E-state index in [1.165, 1.54) is 12.1 Å². The summed E-state index contributed by atoms with van der Waals surface area (Å²) in [4.78, 5) is 25.4. The molecule has 2 aromatic heterocycles. The van der Waals surface area contributed by atoms with Crippen LogP contribution in [0.25, 0.3) is 22.2 Å². The Bertz CT molecular complexity index is 1010. The van der Waals surface area contributed by atoms with Crippen LogP contribution in [0, 0.1) is 11.2 Å². The Kier molecular flexibility index (Phi) is 5.27. The smallest absolute Gasteiger partial charge is 0.234 e. The van der Waals surface area contributed by atoms with Gasteiger partial charge < -0.3 is 4.74 Å². The number of nitrogens with zero attached hydrogens (tertiary/aromatic N) is 3. The van der Waals surface area contributed by atoms with Gasteiger partial charge in [-0.2, -0.15) is 9.97 Å². The minimum absolute atomic E-state index is 0.126. The molecule has 3 rings (SSSR count). The maximum Gasteiger partial charge on any atom is 0.234 e. The fraction of sp³-hybridized carbons (Fsp3) is 0.333. The summed E-state index contributed by atoms with van der Waals surface area (Å²) >= 11 is 0. The standard InChI is InChI=1S/C21H23FN4O2/c1-12(2)28-18-16-10-14(13-6-8-15(22)9-7-13)11-23-17(16)24-20(25-18)26-19(27)21(3,4)5/h6-12H,1-5H3,(H,23,24,25,26,27). The van der Waals surface area contributed by atoms with Crippen LogP contribution < -0.4 is 10.1 Å². The van der Waals surface area contributed by atoms with Crippen molar-refractivity contribution >= 4 is 22.9 Å². The zero-order valence-electron chi connectivity index (χ0n) is 16.6. The van der Waals surface area contributed by atoms with Crippen molar-refractivity contribution in [3.63, 3.8) is 0 Å². The van der Waals surface area contributed by atoms with Gasteiger partial charge in [0.15, 0.2) is 5.65 Å². The molecule has 0 aliphatic heterocycles. The van der Waals surface area contributed by atoms with Crippen LogP contribution >= 0.6 is 0 Å². The van der Waals surface area contributed by atoms with Crippen LogP contribution in [0.2, 0.25) is 0 Å². The molecule has 0 aliphatic carbocycles. The van der Waals surface area contributed by atoms with E-state index in [2.05, 4.69) is 20.3 Å². The summed E-state index contributed by atoms with van der Waals surface area (Å²) in [5.41, 5.74) is 1.42. The van der Waals surface area contributed by atoms with Gasteiger partial charge in [-0.25, -0.2) is 9.37 Å². The van der Waals surface area contributed by atoms with Crippen molar-refractivity contribution < 1.29 is 13.9 Å². The molecule has 0 unspecified atom stereocenters. The van der Waals surface area contributed by atoms with Crippen LogP contribution in [-0.4, -0.2) is 27.0 Å². The molecule has 1 N–H and O–H groups in total. The average Bonchev–Trinajstić information content (AvgIpc) is 2.61. The largest absolute Gasteiger partial charge is 0.474 e. The fourth-order valence-electron chi connectivity index (χ4n) is 2.44. The topological polar surface area (TPSA) is 77.0 Å². The van der Waals surface area contributed by atoms with E-state index >= 15 is 0 Å². The van der Waals surface area contributed by atoms with Crippen molar-refractivity contribution in [2.24, 2.45) is 5.41 Å². The molecule has 1 aromatic carbocycles. The number of benzene rings is 1. The lowest BCUT2D eigenvalue weighted by atomic mass is 9.96. The molecule has 0 fully saturated rings. The Morgan fingerprint density at radius 1 is 1.11 bits per heavy atom. The number of hydrogen-bond donors (Lipinski definition) is 1. The first-order valence-corrected chi connectivity index (χ1v) is 9.05. The van der Waals surface area contributed by atoms with Gasteiger partial charge in [0.2, 0.25) is 17.7 Å². The van der Waals surface area contributed by atoms with E-state index in [0.29, 0.717) is 16.9 Å². The number of carbonyl (C=O) groups is 1.